The number of hydrogen-bond donors (Lipinski definition) is 2. The molecule has 1 saturated heterocycles. The topological polar surface area (TPSA) is 95.2 Å². The molecule has 2 aliphatic rings. The minimum Gasteiger partial charge on any atom is -0.349 e. The number of aromatic nitrogens is 2. The molecule has 1 aromatic rings. The number of imide groups is 1. The van der Waals surface area contributed by atoms with Gasteiger partial charge in [-0.05, 0) is 18.9 Å². The molecule has 106 valence electrons. The van der Waals surface area contributed by atoms with E-state index in [1.165, 1.54) is 0 Å². The Hall–Kier alpha value is -1.83. The van der Waals surface area contributed by atoms with Crippen LogP contribution in [0.2, 0.25) is 0 Å². The second-order valence-electron chi connectivity index (χ2n) is 4.84. The van der Waals surface area contributed by atoms with Gasteiger partial charge in [0.15, 0.2) is 0 Å². The summed E-state index contributed by atoms with van der Waals surface area (Å²) in [5, 5.41) is 9.24. The number of carbonyl (C=O) groups is 3. The van der Waals surface area contributed by atoms with E-state index in [1.54, 1.807) is 6.07 Å². The number of nitrogens with zero attached hydrogens (tertiary/aromatic N) is 2. The average molecular weight is 294 g/mol. The molecule has 0 atom stereocenters. The molecule has 1 saturated carbocycles. The number of carbonyl (C=O) groups excluding carboxylic acids is 3. The first-order valence-corrected chi connectivity index (χ1v) is 7.44. The van der Waals surface area contributed by atoms with Crippen LogP contribution in [-0.4, -0.2) is 51.0 Å². The Morgan fingerprint density at radius 2 is 2.30 bits per heavy atom. The normalized spacial score (nSPS) is 18.7. The number of amides is 3. The van der Waals surface area contributed by atoms with Crippen LogP contribution in [0.5, 0.6) is 0 Å². The second kappa shape index (κ2) is 5.28. The molecule has 0 bridgehead atoms. The molecule has 8 heteroatoms. The van der Waals surface area contributed by atoms with E-state index < -0.39 is 0 Å². The molecule has 7 nitrogen and oxygen atoms in total. The minimum absolute atomic E-state index is 0.191. The van der Waals surface area contributed by atoms with E-state index in [1.807, 2.05) is 0 Å². The Morgan fingerprint density at radius 1 is 1.50 bits per heavy atom. The van der Waals surface area contributed by atoms with Crippen LogP contribution in [0.1, 0.15) is 34.9 Å². The van der Waals surface area contributed by atoms with Gasteiger partial charge < -0.3 is 5.32 Å². The molecule has 20 heavy (non-hydrogen) atoms. The molecule has 0 unspecified atom stereocenters. The van der Waals surface area contributed by atoms with Gasteiger partial charge >= 0.3 is 0 Å². The summed E-state index contributed by atoms with van der Waals surface area (Å²) < 4.78 is 0. The van der Waals surface area contributed by atoms with Crippen molar-refractivity contribution in [2.45, 2.75) is 18.8 Å². The summed E-state index contributed by atoms with van der Waals surface area (Å²) in [5.74, 6) is 0.211. The molecule has 1 aliphatic carbocycles. The van der Waals surface area contributed by atoms with Gasteiger partial charge in [-0.2, -0.15) is 5.10 Å². The van der Waals surface area contributed by atoms with Gasteiger partial charge in [-0.3, -0.25) is 24.4 Å². The van der Waals surface area contributed by atoms with Crippen LogP contribution < -0.4 is 5.32 Å². The maximum absolute atomic E-state index is 11.9. The van der Waals surface area contributed by atoms with Crippen LogP contribution in [0.15, 0.2) is 6.07 Å². The second-order valence-corrected chi connectivity index (χ2v) is 5.77. The van der Waals surface area contributed by atoms with Crippen LogP contribution in [0.4, 0.5) is 4.79 Å². The third-order valence-corrected chi connectivity index (χ3v) is 4.17. The summed E-state index contributed by atoms with van der Waals surface area (Å²) in [6.07, 6.45) is 2.28. The predicted molar refractivity (Wildman–Crippen MR) is 72.5 cm³/mol. The zero-order chi connectivity index (χ0) is 14.1. The van der Waals surface area contributed by atoms with Crippen molar-refractivity contribution in [3.05, 3.63) is 17.5 Å². The standard InChI is InChI=1S/C12H14N4O3S/c17-10-6-20-12(19)16(10)4-3-13-11(18)9-5-8(14-15-9)7-1-2-7/h5,7H,1-4,6H2,(H,13,18)(H,14,15). The highest BCUT2D eigenvalue weighted by Crippen LogP contribution is 2.38. The van der Waals surface area contributed by atoms with Gasteiger partial charge in [-0.25, -0.2) is 0 Å². The maximum atomic E-state index is 11.9. The molecule has 2 fully saturated rings. The van der Waals surface area contributed by atoms with Crippen LogP contribution in [0, 0.1) is 0 Å². The van der Waals surface area contributed by atoms with E-state index in [-0.39, 0.29) is 35.9 Å². The zero-order valence-electron chi connectivity index (χ0n) is 10.7. The van der Waals surface area contributed by atoms with Crippen molar-refractivity contribution >= 4 is 28.8 Å². The lowest BCUT2D eigenvalue weighted by atomic mass is 10.2. The van der Waals surface area contributed by atoms with E-state index in [4.69, 9.17) is 0 Å². The molecule has 2 heterocycles. The predicted octanol–water partition coefficient (Wildman–Crippen LogP) is 0.712. The van der Waals surface area contributed by atoms with Gasteiger partial charge in [0.1, 0.15) is 5.69 Å². The van der Waals surface area contributed by atoms with E-state index in [0.717, 1.165) is 35.2 Å². The first-order chi connectivity index (χ1) is 9.65. The summed E-state index contributed by atoms with van der Waals surface area (Å²) in [7, 11) is 0. The van der Waals surface area contributed by atoms with Crippen molar-refractivity contribution in [3.8, 4) is 0 Å². The van der Waals surface area contributed by atoms with E-state index in [2.05, 4.69) is 15.5 Å². The maximum Gasteiger partial charge on any atom is 0.288 e. The van der Waals surface area contributed by atoms with Gasteiger partial charge in [0, 0.05) is 24.7 Å². The fraction of sp³-hybridized carbons (Fsp3) is 0.500. The summed E-state index contributed by atoms with van der Waals surface area (Å²) in [6.45, 7) is 0.443. The third-order valence-electron chi connectivity index (χ3n) is 3.31. The first kappa shape index (κ1) is 13.2. The molecule has 1 aromatic heterocycles. The smallest absolute Gasteiger partial charge is 0.288 e. The molecule has 0 aromatic carbocycles. The minimum atomic E-state index is -0.292. The van der Waals surface area contributed by atoms with Crippen LogP contribution in [0.25, 0.3) is 0 Å². The Balaban J connectivity index is 1.48. The number of hydrogen-bond acceptors (Lipinski definition) is 5. The Kier molecular flexibility index (Phi) is 3.47. The van der Waals surface area contributed by atoms with Gasteiger partial charge in [-0.1, -0.05) is 11.8 Å². The number of nitrogens with one attached hydrogen (secondary N) is 2. The average Bonchev–Trinajstić information content (AvgIpc) is 3.08. The largest absolute Gasteiger partial charge is 0.349 e. The van der Waals surface area contributed by atoms with Gasteiger partial charge in [0.05, 0.1) is 5.75 Å². The quantitative estimate of drug-likeness (QED) is 0.834. The van der Waals surface area contributed by atoms with Crippen molar-refractivity contribution in [1.29, 1.82) is 0 Å². The molecular weight excluding hydrogens is 280 g/mol. The lowest BCUT2D eigenvalue weighted by Gasteiger charge is -2.12. The van der Waals surface area contributed by atoms with E-state index in [0.29, 0.717) is 11.6 Å². The lowest BCUT2D eigenvalue weighted by molar-refractivity contribution is -0.124. The third kappa shape index (κ3) is 2.69. The number of H-pyrrole nitrogens is 1. The fourth-order valence-electron chi connectivity index (χ4n) is 2.03. The molecule has 0 spiro atoms. The lowest BCUT2D eigenvalue weighted by Crippen LogP contribution is -2.37. The summed E-state index contributed by atoms with van der Waals surface area (Å²) in [6, 6.07) is 1.76. The van der Waals surface area contributed by atoms with Crippen molar-refractivity contribution in [2.24, 2.45) is 0 Å². The van der Waals surface area contributed by atoms with Crippen molar-refractivity contribution < 1.29 is 14.4 Å². The molecule has 1 aliphatic heterocycles. The molecule has 0 radical (unpaired) electrons. The molecule has 3 rings (SSSR count). The highest BCUT2D eigenvalue weighted by molar-refractivity contribution is 8.14. The summed E-state index contributed by atoms with van der Waals surface area (Å²) in [4.78, 5) is 35.7. The highest BCUT2D eigenvalue weighted by atomic mass is 32.2. The molecule has 3 amide bonds. The van der Waals surface area contributed by atoms with Crippen LogP contribution in [0.3, 0.4) is 0 Å². The summed E-state index contributed by atoms with van der Waals surface area (Å²) >= 11 is 0.990. The monoisotopic (exact) mass is 294 g/mol. The number of thioether (sulfide) groups is 1. The van der Waals surface area contributed by atoms with Crippen molar-refractivity contribution in [2.75, 3.05) is 18.8 Å². The molecule has 2 N–H and O–H groups in total. The Morgan fingerprint density at radius 3 is 2.95 bits per heavy atom. The van der Waals surface area contributed by atoms with E-state index >= 15 is 0 Å². The summed E-state index contributed by atoms with van der Waals surface area (Å²) in [5.41, 5.74) is 1.34. The van der Waals surface area contributed by atoms with Crippen LogP contribution in [-0.2, 0) is 4.79 Å². The number of rotatable bonds is 5. The number of aromatic amines is 1. The first-order valence-electron chi connectivity index (χ1n) is 6.46. The molecular formula is C12H14N4O3S. The fourth-order valence-corrected chi connectivity index (χ4v) is 2.78. The van der Waals surface area contributed by atoms with Crippen LogP contribution >= 0.6 is 11.8 Å². The van der Waals surface area contributed by atoms with E-state index in [9.17, 15) is 14.4 Å². The highest BCUT2D eigenvalue weighted by Gasteiger charge is 2.29. The van der Waals surface area contributed by atoms with Gasteiger partial charge in [-0.15, -0.1) is 0 Å². The van der Waals surface area contributed by atoms with Crippen molar-refractivity contribution in [1.82, 2.24) is 20.4 Å². The van der Waals surface area contributed by atoms with Gasteiger partial charge in [0.2, 0.25) is 5.91 Å². The SMILES string of the molecule is O=C(NCCN1C(=O)CSC1=O)c1cc(C2CC2)[nH]n1. The van der Waals surface area contributed by atoms with Gasteiger partial charge in [0.25, 0.3) is 11.1 Å². The Bertz CT molecular complexity index is 551. The zero-order valence-corrected chi connectivity index (χ0v) is 11.5. The Labute approximate surface area is 119 Å². The van der Waals surface area contributed by atoms with Crippen molar-refractivity contribution in [3.63, 3.8) is 0 Å².